The molecule has 0 radical (unpaired) electrons. The zero-order valence-electron chi connectivity index (χ0n) is 9.20. The van der Waals surface area contributed by atoms with E-state index in [2.05, 4.69) is 20.9 Å². The summed E-state index contributed by atoms with van der Waals surface area (Å²) in [6.07, 6.45) is 1.79. The van der Waals surface area contributed by atoms with Crippen molar-refractivity contribution in [3.05, 3.63) is 52.1 Å². The first-order chi connectivity index (χ1) is 7.65. The molecule has 0 aliphatic carbocycles. The zero-order valence-corrected chi connectivity index (χ0v) is 10.8. The van der Waals surface area contributed by atoms with Gasteiger partial charge in [0.2, 0.25) is 5.88 Å². The van der Waals surface area contributed by atoms with Crippen LogP contribution in [-0.2, 0) is 0 Å². The van der Waals surface area contributed by atoms with Crippen molar-refractivity contribution < 1.29 is 4.74 Å². The molecule has 0 aliphatic heterocycles. The zero-order chi connectivity index (χ0) is 11.5. The fourth-order valence-corrected chi connectivity index (χ4v) is 1.56. The van der Waals surface area contributed by atoms with Crippen LogP contribution < -0.4 is 4.74 Å². The Labute approximate surface area is 103 Å². The van der Waals surface area contributed by atoms with Crippen LogP contribution >= 0.6 is 15.9 Å². The standard InChI is InChI=1S/C13H12BrNO/c1-9-3-6-13(15-8-9)16-11-4-5-12(14)10(2)7-11/h3-8H,1-2H3. The van der Waals surface area contributed by atoms with Gasteiger partial charge in [-0.05, 0) is 43.2 Å². The van der Waals surface area contributed by atoms with E-state index in [1.54, 1.807) is 6.20 Å². The number of hydrogen-bond donors (Lipinski definition) is 0. The highest BCUT2D eigenvalue weighted by molar-refractivity contribution is 9.10. The molecule has 2 aromatic rings. The van der Waals surface area contributed by atoms with Gasteiger partial charge in [0.25, 0.3) is 0 Å². The Bertz CT molecular complexity index is 494. The van der Waals surface area contributed by atoms with E-state index < -0.39 is 0 Å². The summed E-state index contributed by atoms with van der Waals surface area (Å²) in [6, 6.07) is 9.71. The van der Waals surface area contributed by atoms with E-state index in [1.165, 1.54) is 0 Å². The maximum Gasteiger partial charge on any atom is 0.219 e. The van der Waals surface area contributed by atoms with Crippen LogP contribution in [0.15, 0.2) is 41.0 Å². The fourth-order valence-electron chi connectivity index (χ4n) is 1.32. The molecule has 16 heavy (non-hydrogen) atoms. The molecule has 0 N–H and O–H groups in total. The number of aromatic nitrogens is 1. The van der Waals surface area contributed by atoms with Gasteiger partial charge in [-0.2, -0.15) is 0 Å². The van der Waals surface area contributed by atoms with Crippen molar-refractivity contribution >= 4 is 15.9 Å². The van der Waals surface area contributed by atoms with E-state index in [0.717, 1.165) is 21.3 Å². The van der Waals surface area contributed by atoms with Crippen molar-refractivity contribution in [3.63, 3.8) is 0 Å². The molecular formula is C13H12BrNO. The molecule has 0 saturated heterocycles. The lowest BCUT2D eigenvalue weighted by atomic mass is 10.2. The van der Waals surface area contributed by atoms with Crippen molar-refractivity contribution in [1.82, 2.24) is 4.98 Å². The summed E-state index contributed by atoms with van der Waals surface area (Å²) in [5, 5.41) is 0. The molecule has 1 aromatic heterocycles. The molecule has 0 amide bonds. The van der Waals surface area contributed by atoms with E-state index in [-0.39, 0.29) is 0 Å². The lowest BCUT2D eigenvalue weighted by Gasteiger charge is -2.06. The van der Waals surface area contributed by atoms with Crippen LogP contribution in [-0.4, -0.2) is 4.98 Å². The smallest absolute Gasteiger partial charge is 0.219 e. The molecule has 0 unspecified atom stereocenters. The quantitative estimate of drug-likeness (QED) is 0.819. The Morgan fingerprint density at radius 3 is 2.56 bits per heavy atom. The Balaban J connectivity index is 2.20. The van der Waals surface area contributed by atoms with Crippen molar-refractivity contribution in [3.8, 4) is 11.6 Å². The molecular weight excluding hydrogens is 266 g/mol. The molecule has 0 bridgehead atoms. The minimum Gasteiger partial charge on any atom is -0.439 e. The van der Waals surface area contributed by atoms with Gasteiger partial charge in [-0.3, -0.25) is 0 Å². The highest BCUT2D eigenvalue weighted by Crippen LogP contribution is 2.25. The number of pyridine rings is 1. The fraction of sp³-hybridized carbons (Fsp3) is 0.154. The third-order valence-corrected chi connectivity index (χ3v) is 3.13. The van der Waals surface area contributed by atoms with E-state index >= 15 is 0 Å². The molecule has 0 fully saturated rings. The van der Waals surface area contributed by atoms with Crippen molar-refractivity contribution in [2.24, 2.45) is 0 Å². The van der Waals surface area contributed by atoms with E-state index in [1.807, 2.05) is 44.2 Å². The number of aryl methyl sites for hydroxylation is 2. The molecule has 0 atom stereocenters. The normalized spacial score (nSPS) is 10.2. The molecule has 82 valence electrons. The lowest BCUT2D eigenvalue weighted by molar-refractivity contribution is 0.462. The maximum atomic E-state index is 5.64. The van der Waals surface area contributed by atoms with Gasteiger partial charge in [-0.1, -0.05) is 22.0 Å². The van der Waals surface area contributed by atoms with Crippen LogP contribution in [0.3, 0.4) is 0 Å². The summed E-state index contributed by atoms with van der Waals surface area (Å²) in [5.74, 6) is 1.42. The van der Waals surface area contributed by atoms with Crippen LogP contribution in [0.1, 0.15) is 11.1 Å². The highest BCUT2D eigenvalue weighted by Gasteiger charge is 2.00. The topological polar surface area (TPSA) is 22.1 Å². The summed E-state index contributed by atoms with van der Waals surface area (Å²) >= 11 is 3.45. The number of halogens is 1. The number of rotatable bonds is 2. The van der Waals surface area contributed by atoms with Crippen LogP contribution in [0.2, 0.25) is 0 Å². The van der Waals surface area contributed by atoms with Gasteiger partial charge in [0.1, 0.15) is 5.75 Å². The Kier molecular flexibility index (Phi) is 3.25. The van der Waals surface area contributed by atoms with E-state index in [0.29, 0.717) is 5.88 Å². The number of nitrogens with zero attached hydrogens (tertiary/aromatic N) is 1. The average molecular weight is 278 g/mol. The predicted octanol–water partition coefficient (Wildman–Crippen LogP) is 4.25. The third-order valence-electron chi connectivity index (χ3n) is 2.24. The van der Waals surface area contributed by atoms with Gasteiger partial charge in [0.15, 0.2) is 0 Å². The van der Waals surface area contributed by atoms with Gasteiger partial charge >= 0.3 is 0 Å². The second-order valence-corrected chi connectivity index (χ2v) is 4.54. The van der Waals surface area contributed by atoms with E-state index in [9.17, 15) is 0 Å². The summed E-state index contributed by atoms with van der Waals surface area (Å²) in [5.41, 5.74) is 2.27. The molecule has 1 heterocycles. The largest absolute Gasteiger partial charge is 0.439 e. The van der Waals surface area contributed by atoms with Crippen molar-refractivity contribution in [1.29, 1.82) is 0 Å². The number of hydrogen-bond acceptors (Lipinski definition) is 2. The monoisotopic (exact) mass is 277 g/mol. The Morgan fingerprint density at radius 2 is 1.94 bits per heavy atom. The molecule has 0 spiro atoms. The maximum absolute atomic E-state index is 5.64. The SMILES string of the molecule is Cc1ccc(Oc2ccc(Br)c(C)c2)nc1. The van der Waals surface area contributed by atoms with Gasteiger partial charge in [-0.15, -0.1) is 0 Å². The van der Waals surface area contributed by atoms with Gasteiger partial charge in [-0.25, -0.2) is 4.98 Å². The highest BCUT2D eigenvalue weighted by atomic mass is 79.9. The number of ether oxygens (including phenoxy) is 1. The number of benzene rings is 1. The van der Waals surface area contributed by atoms with Crippen LogP contribution in [0.25, 0.3) is 0 Å². The van der Waals surface area contributed by atoms with Crippen molar-refractivity contribution in [2.45, 2.75) is 13.8 Å². The minimum absolute atomic E-state index is 0.618. The average Bonchev–Trinajstić information content (AvgIpc) is 2.27. The van der Waals surface area contributed by atoms with Crippen LogP contribution in [0.4, 0.5) is 0 Å². The molecule has 2 nitrogen and oxygen atoms in total. The summed E-state index contributed by atoms with van der Waals surface area (Å²) in [7, 11) is 0. The van der Waals surface area contributed by atoms with Gasteiger partial charge in [0, 0.05) is 16.7 Å². The summed E-state index contributed by atoms with van der Waals surface area (Å²) in [6.45, 7) is 4.03. The molecule has 0 aliphatic rings. The van der Waals surface area contributed by atoms with Gasteiger partial charge < -0.3 is 4.74 Å². The Hall–Kier alpha value is -1.35. The first kappa shape index (κ1) is 11.1. The second-order valence-electron chi connectivity index (χ2n) is 3.69. The molecule has 0 saturated carbocycles. The summed E-state index contributed by atoms with van der Waals surface area (Å²) in [4.78, 5) is 4.19. The first-order valence-corrected chi connectivity index (χ1v) is 5.81. The first-order valence-electron chi connectivity index (χ1n) is 5.02. The second kappa shape index (κ2) is 4.66. The van der Waals surface area contributed by atoms with Crippen LogP contribution in [0.5, 0.6) is 11.6 Å². The molecule has 2 rings (SSSR count). The predicted molar refractivity (Wildman–Crippen MR) is 67.9 cm³/mol. The lowest BCUT2D eigenvalue weighted by Crippen LogP contribution is -1.88. The van der Waals surface area contributed by atoms with Crippen molar-refractivity contribution in [2.75, 3.05) is 0 Å². The molecule has 3 heteroatoms. The van der Waals surface area contributed by atoms with E-state index in [4.69, 9.17) is 4.74 Å². The third kappa shape index (κ3) is 2.61. The summed E-state index contributed by atoms with van der Waals surface area (Å²) < 4.78 is 6.72. The molecule has 1 aromatic carbocycles. The Morgan fingerprint density at radius 1 is 1.12 bits per heavy atom. The minimum atomic E-state index is 0.618. The van der Waals surface area contributed by atoms with Crippen LogP contribution in [0, 0.1) is 13.8 Å². The van der Waals surface area contributed by atoms with Gasteiger partial charge in [0.05, 0.1) is 0 Å².